The van der Waals surface area contributed by atoms with Crippen LogP contribution in [-0.4, -0.2) is 45.8 Å². The number of hydrogen-bond donors (Lipinski definition) is 4. The fourth-order valence-electron chi connectivity index (χ4n) is 2.28. The molecule has 2 unspecified atom stereocenters. The molecule has 0 bridgehead atoms. The van der Waals surface area contributed by atoms with Crippen molar-refractivity contribution in [2.24, 2.45) is 0 Å². The second-order valence-electron chi connectivity index (χ2n) is 6.56. The molecule has 1 amide bonds. The fourth-order valence-corrected chi connectivity index (χ4v) is 2.28. The Labute approximate surface area is 139 Å². The number of carbonyl (C=O) groups excluding carboxylic acids is 2. The van der Waals surface area contributed by atoms with Crippen molar-refractivity contribution >= 4 is 23.3 Å². The molecule has 2 atom stereocenters. The van der Waals surface area contributed by atoms with Crippen LogP contribution in [0.4, 0.5) is 4.79 Å². The van der Waals surface area contributed by atoms with Crippen LogP contribution in [0.2, 0.25) is 0 Å². The Morgan fingerprint density at radius 2 is 2.08 bits per heavy atom. The van der Waals surface area contributed by atoms with Gasteiger partial charge in [-0.2, -0.15) is 0 Å². The van der Waals surface area contributed by atoms with Crippen LogP contribution < -0.4 is 5.32 Å². The average Bonchev–Trinajstić information content (AvgIpc) is 2.92. The first kappa shape index (κ1) is 18.0. The SMILES string of the molecule is CC(C)(C)OC(=O)NCC(O)C(O)c1ccc2[nH]cc(C=O)c2c1. The topological polar surface area (TPSA) is 112 Å². The minimum absolute atomic E-state index is 0.165. The van der Waals surface area contributed by atoms with Crippen LogP contribution in [0.25, 0.3) is 10.9 Å². The predicted molar refractivity (Wildman–Crippen MR) is 88.9 cm³/mol. The van der Waals surface area contributed by atoms with Gasteiger partial charge in [0.15, 0.2) is 6.29 Å². The summed E-state index contributed by atoms with van der Waals surface area (Å²) < 4.78 is 5.07. The Morgan fingerprint density at radius 3 is 2.71 bits per heavy atom. The second kappa shape index (κ2) is 7.02. The van der Waals surface area contributed by atoms with Gasteiger partial charge in [-0.1, -0.05) is 6.07 Å². The minimum atomic E-state index is -1.21. The van der Waals surface area contributed by atoms with E-state index in [2.05, 4.69) is 10.3 Å². The van der Waals surface area contributed by atoms with E-state index in [9.17, 15) is 19.8 Å². The molecular formula is C17H22N2O5. The van der Waals surface area contributed by atoms with Gasteiger partial charge in [-0.25, -0.2) is 4.79 Å². The van der Waals surface area contributed by atoms with Crippen molar-refractivity contribution in [2.75, 3.05) is 6.54 Å². The largest absolute Gasteiger partial charge is 0.444 e. The third-order valence-corrected chi connectivity index (χ3v) is 3.43. The summed E-state index contributed by atoms with van der Waals surface area (Å²) in [4.78, 5) is 25.5. The number of fused-ring (bicyclic) bond motifs is 1. The van der Waals surface area contributed by atoms with Gasteiger partial charge in [0.2, 0.25) is 0 Å². The van der Waals surface area contributed by atoms with E-state index in [1.54, 1.807) is 45.2 Å². The zero-order chi connectivity index (χ0) is 17.9. The molecule has 4 N–H and O–H groups in total. The Balaban J connectivity index is 2.03. The normalized spacial score (nSPS) is 14.2. The molecule has 0 saturated carbocycles. The van der Waals surface area contributed by atoms with Gasteiger partial charge in [-0.15, -0.1) is 0 Å². The minimum Gasteiger partial charge on any atom is -0.444 e. The maximum atomic E-state index is 11.6. The number of amides is 1. The van der Waals surface area contributed by atoms with Crippen molar-refractivity contribution in [1.82, 2.24) is 10.3 Å². The summed E-state index contributed by atoms with van der Waals surface area (Å²) in [5.74, 6) is 0. The van der Waals surface area contributed by atoms with E-state index in [1.807, 2.05) is 0 Å². The fraction of sp³-hybridized carbons (Fsp3) is 0.412. The lowest BCUT2D eigenvalue weighted by molar-refractivity contribution is 0.0130. The molecule has 0 spiro atoms. The molecule has 7 heteroatoms. The highest BCUT2D eigenvalue weighted by atomic mass is 16.6. The van der Waals surface area contributed by atoms with Crippen molar-refractivity contribution in [2.45, 2.75) is 38.6 Å². The first-order chi connectivity index (χ1) is 11.2. The van der Waals surface area contributed by atoms with Crippen LogP contribution in [0.3, 0.4) is 0 Å². The molecule has 7 nitrogen and oxygen atoms in total. The number of benzene rings is 1. The highest BCUT2D eigenvalue weighted by molar-refractivity contribution is 5.97. The summed E-state index contributed by atoms with van der Waals surface area (Å²) in [6.07, 6.45) is -0.797. The number of alkyl carbamates (subject to hydrolysis) is 1. The lowest BCUT2D eigenvalue weighted by atomic mass is 10.0. The van der Waals surface area contributed by atoms with Crippen molar-refractivity contribution in [3.05, 3.63) is 35.5 Å². The number of ether oxygens (including phenoxy) is 1. The van der Waals surface area contributed by atoms with Crippen molar-refractivity contribution in [3.8, 4) is 0 Å². The molecule has 24 heavy (non-hydrogen) atoms. The molecule has 1 heterocycles. The van der Waals surface area contributed by atoms with Crippen LogP contribution >= 0.6 is 0 Å². The number of H-pyrrole nitrogens is 1. The van der Waals surface area contributed by atoms with Gasteiger partial charge in [0.1, 0.15) is 17.8 Å². The number of nitrogens with one attached hydrogen (secondary N) is 2. The van der Waals surface area contributed by atoms with Gasteiger partial charge >= 0.3 is 6.09 Å². The van der Waals surface area contributed by atoms with Crippen molar-refractivity contribution < 1.29 is 24.5 Å². The van der Waals surface area contributed by atoms with E-state index < -0.39 is 23.9 Å². The van der Waals surface area contributed by atoms with E-state index in [-0.39, 0.29) is 6.54 Å². The lowest BCUT2D eigenvalue weighted by Gasteiger charge is -2.22. The molecular weight excluding hydrogens is 312 g/mol. The Morgan fingerprint density at radius 1 is 1.38 bits per heavy atom. The lowest BCUT2D eigenvalue weighted by Crippen LogP contribution is -2.38. The number of rotatable bonds is 5. The quantitative estimate of drug-likeness (QED) is 0.624. The van der Waals surface area contributed by atoms with Gasteiger partial charge in [-0.3, -0.25) is 4.79 Å². The molecule has 1 aromatic carbocycles. The summed E-state index contributed by atoms with van der Waals surface area (Å²) in [5.41, 5.74) is 1.04. The third-order valence-electron chi connectivity index (χ3n) is 3.43. The third kappa shape index (κ3) is 4.33. The number of aliphatic hydroxyl groups is 2. The zero-order valence-electron chi connectivity index (χ0n) is 13.9. The van der Waals surface area contributed by atoms with Crippen LogP contribution in [-0.2, 0) is 4.74 Å². The van der Waals surface area contributed by atoms with Gasteiger partial charge in [-0.05, 0) is 38.5 Å². The first-order valence-corrected chi connectivity index (χ1v) is 7.60. The molecule has 0 saturated heterocycles. The van der Waals surface area contributed by atoms with E-state index in [4.69, 9.17) is 4.74 Å². The van der Waals surface area contributed by atoms with Gasteiger partial charge < -0.3 is 25.3 Å². The number of aliphatic hydroxyl groups excluding tert-OH is 2. The van der Waals surface area contributed by atoms with Crippen molar-refractivity contribution in [1.29, 1.82) is 0 Å². The Kier molecular flexibility index (Phi) is 5.26. The molecule has 130 valence electrons. The first-order valence-electron chi connectivity index (χ1n) is 7.60. The van der Waals surface area contributed by atoms with Crippen LogP contribution in [0.15, 0.2) is 24.4 Å². The number of hydrogen-bond acceptors (Lipinski definition) is 5. The van der Waals surface area contributed by atoms with Crippen LogP contribution in [0.1, 0.15) is 42.8 Å². The second-order valence-corrected chi connectivity index (χ2v) is 6.56. The van der Waals surface area contributed by atoms with Crippen LogP contribution in [0.5, 0.6) is 0 Å². The summed E-state index contributed by atoms with van der Waals surface area (Å²) in [6.45, 7) is 5.03. The monoisotopic (exact) mass is 334 g/mol. The predicted octanol–water partition coefficient (Wildman–Crippen LogP) is 1.90. The van der Waals surface area contributed by atoms with E-state index >= 15 is 0 Å². The summed E-state index contributed by atoms with van der Waals surface area (Å²) >= 11 is 0. The summed E-state index contributed by atoms with van der Waals surface area (Å²) in [5, 5.41) is 23.4. The molecule has 0 aliphatic rings. The number of aldehydes is 1. The van der Waals surface area contributed by atoms with Gasteiger partial charge in [0.05, 0.1) is 0 Å². The molecule has 0 fully saturated rings. The number of aromatic nitrogens is 1. The zero-order valence-corrected chi connectivity index (χ0v) is 13.9. The van der Waals surface area contributed by atoms with E-state index in [0.29, 0.717) is 16.5 Å². The van der Waals surface area contributed by atoms with Gasteiger partial charge in [0, 0.05) is 29.2 Å². The smallest absolute Gasteiger partial charge is 0.407 e. The highest BCUT2D eigenvalue weighted by Gasteiger charge is 2.22. The van der Waals surface area contributed by atoms with Crippen molar-refractivity contribution in [3.63, 3.8) is 0 Å². The number of carbonyl (C=O) groups is 2. The average molecular weight is 334 g/mol. The van der Waals surface area contributed by atoms with Crippen LogP contribution in [0, 0.1) is 0 Å². The maximum Gasteiger partial charge on any atom is 0.407 e. The maximum absolute atomic E-state index is 11.6. The Bertz CT molecular complexity index is 732. The highest BCUT2D eigenvalue weighted by Crippen LogP contribution is 2.24. The molecule has 2 rings (SSSR count). The summed E-state index contributed by atoms with van der Waals surface area (Å²) in [6, 6.07) is 5.00. The molecule has 1 aromatic heterocycles. The van der Waals surface area contributed by atoms with E-state index in [1.165, 1.54) is 0 Å². The molecule has 0 aliphatic carbocycles. The summed E-state index contributed by atoms with van der Waals surface area (Å²) in [7, 11) is 0. The van der Waals surface area contributed by atoms with E-state index in [0.717, 1.165) is 11.8 Å². The Hall–Kier alpha value is -2.38. The van der Waals surface area contributed by atoms with Gasteiger partial charge in [0.25, 0.3) is 0 Å². The molecule has 0 aliphatic heterocycles. The molecule has 0 radical (unpaired) electrons. The molecule has 2 aromatic rings. The standard InChI is InChI=1S/C17H22N2O5/c1-17(2,3)24-16(23)19-8-14(21)15(22)10-4-5-13-12(6-10)11(9-20)7-18-13/h4-7,9,14-15,18,21-22H,8H2,1-3H3,(H,19,23). The number of aromatic amines is 1.